The maximum absolute atomic E-state index is 12.1. The van der Waals surface area contributed by atoms with E-state index < -0.39 is 47.2 Å². The first-order chi connectivity index (χ1) is 14.7. The van der Waals surface area contributed by atoms with E-state index in [9.17, 15) is 28.8 Å². The van der Waals surface area contributed by atoms with Gasteiger partial charge in [-0.15, -0.1) is 0 Å². The van der Waals surface area contributed by atoms with Crippen molar-refractivity contribution in [1.29, 1.82) is 0 Å². The third-order valence-corrected chi connectivity index (χ3v) is 6.25. The zero-order valence-electron chi connectivity index (χ0n) is 17.0. The summed E-state index contributed by atoms with van der Waals surface area (Å²) in [5.74, 6) is 0.688. The highest BCUT2D eigenvalue weighted by Crippen LogP contribution is 2.34. The van der Waals surface area contributed by atoms with Crippen LogP contribution in [0, 0.1) is 0 Å². The van der Waals surface area contributed by atoms with Crippen LogP contribution in [0.25, 0.3) is 0 Å². The molecule has 0 radical (unpaired) electrons. The van der Waals surface area contributed by atoms with Gasteiger partial charge in [-0.1, -0.05) is 24.3 Å². The van der Waals surface area contributed by atoms with E-state index in [1.807, 2.05) is 6.92 Å². The first-order valence-corrected chi connectivity index (χ1v) is 11.4. The van der Waals surface area contributed by atoms with Crippen LogP contribution in [0.3, 0.4) is 0 Å². The van der Waals surface area contributed by atoms with Gasteiger partial charge in [0.1, 0.15) is 36.3 Å². The summed E-state index contributed by atoms with van der Waals surface area (Å²) in [5.41, 5.74) is 1.56. The number of sulfonamides is 1. The first kappa shape index (κ1) is 23.6. The molecule has 1 aliphatic heterocycles. The molecule has 170 valence electrons. The maximum Gasteiger partial charge on any atom is 0.238 e. The Hall–Kier alpha value is -2.05. The van der Waals surface area contributed by atoms with Gasteiger partial charge in [0.15, 0.2) is 0 Å². The van der Waals surface area contributed by atoms with E-state index >= 15 is 0 Å². The van der Waals surface area contributed by atoms with Gasteiger partial charge in [0.25, 0.3) is 0 Å². The van der Waals surface area contributed by atoms with Crippen LogP contribution in [0.4, 0.5) is 0 Å². The van der Waals surface area contributed by atoms with E-state index in [1.54, 1.807) is 24.3 Å². The van der Waals surface area contributed by atoms with Crippen LogP contribution in [-0.4, -0.2) is 66.5 Å². The Morgan fingerprint density at radius 3 is 2.29 bits per heavy atom. The van der Waals surface area contributed by atoms with Crippen LogP contribution in [0.15, 0.2) is 47.4 Å². The summed E-state index contributed by atoms with van der Waals surface area (Å²) in [6.07, 6.45) is -6.42. The van der Waals surface area contributed by atoms with Gasteiger partial charge in [-0.2, -0.15) is 0 Å². The van der Waals surface area contributed by atoms with Gasteiger partial charge in [-0.25, -0.2) is 13.6 Å². The fourth-order valence-corrected chi connectivity index (χ4v) is 4.41. The SMILES string of the molecule is CCOc1ccc(Cc2cc([C@@H]3O[C@H](CO)[C@@H](O)[C@H](O)[C@H]3O)ccc2S(N)(=O)=O)cc1. The van der Waals surface area contributed by atoms with E-state index in [2.05, 4.69) is 0 Å². The molecule has 0 unspecified atom stereocenters. The Labute approximate surface area is 180 Å². The van der Waals surface area contributed by atoms with Crippen molar-refractivity contribution >= 4 is 10.0 Å². The van der Waals surface area contributed by atoms with Crippen molar-refractivity contribution in [3.05, 3.63) is 59.2 Å². The second-order valence-corrected chi connectivity index (χ2v) is 8.95. The van der Waals surface area contributed by atoms with Crippen molar-refractivity contribution < 1.29 is 38.3 Å². The minimum absolute atomic E-state index is 0.0743. The molecule has 1 fully saturated rings. The lowest BCUT2D eigenvalue weighted by Crippen LogP contribution is -2.55. The Morgan fingerprint density at radius 1 is 1.03 bits per heavy atom. The lowest BCUT2D eigenvalue weighted by Gasteiger charge is -2.40. The lowest BCUT2D eigenvalue weighted by molar-refractivity contribution is -0.231. The number of nitrogens with two attached hydrogens (primary N) is 1. The standard InChI is InChI=1S/C21H27NO8S/c1-2-29-15-6-3-12(4-7-15)9-14-10-13(5-8-17(14)31(22,27)28)21-20(26)19(25)18(24)16(11-23)30-21/h3-8,10,16,18-21,23-26H,2,9,11H2,1H3,(H2,22,27,28)/t16-,18-,19+,20-,21+/m1/s1. The molecule has 5 atom stereocenters. The van der Waals surface area contributed by atoms with E-state index in [0.717, 1.165) is 5.56 Å². The van der Waals surface area contributed by atoms with Crippen LogP contribution < -0.4 is 9.88 Å². The minimum Gasteiger partial charge on any atom is -0.494 e. The molecular formula is C21H27NO8S. The molecule has 1 saturated heterocycles. The molecule has 2 aromatic rings. The number of hydrogen-bond donors (Lipinski definition) is 5. The van der Waals surface area contributed by atoms with Gasteiger partial charge >= 0.3 is 0 Å². The monoisotopic (exact) mass is 453 g/mol. The molecule has 1 heterocycles. The zero-order valence-corrected chi connectivity index (χ0v) is 17.8. The van der Waals surface area contributed by atoms with E-state index in [1.165, 1.54) is 18.2 Å². The Bertz CT molecular complexity index is 993. The summed E-state index contributed by atoms with van der Waals surface area (Å²) >= 11 is 0. The second kappa shape index (κ2) is 9.61. The number of primary sulfonamides is 1. The quantitative estimate of drug-likeness (QED) is 0.387. The summed E-state index contributed by atoms with van der Waals surface area (Å²) in [4.78, 5) is -0.0743. The summed E-state index contributed by atoms with van der Waals surface area (Å²) in [6.45, 7) is 1.84. The van der Waals surface area contributed by atoms with Crippen molar-refractivity contribution in [2.45, 2.75) is 48.8 Å². The largest absolute Gasteiger partial charge is 0.494 e. The van der Waals surface area contributed by atoms with Gasteiger partial charge < -0.3 is 29.9 Å². The third kappa shape index (κ3) is 5.24. The second-order valence-electron chi connectivity index (χ2n) is 7.42. The molecular weight excluding hydrogens is 426 g/mol. The van der Waals surface area contributed by atoms with Crippen LogP contribution in [-0.2, 0) is 21.2 Å². The van der Waals surface area contributed by atoms with Crippen molar-refractivity contribution in [2.75, 3.05) is 13.2 Å². The van der Waals surface area contributed by atoms with Gasteiger partial charge in [0, 0.05) is 0 Å². The van der Waals surface area contributed by atoms with Crippen LogP contribution >= 0.6 is 0 Å². The van der Waals surface area contributed by atoms with Crippen LogP contribution in [0.1, 0.15) is 29.7 Å². The lowest BCUT2D eigenvalue weighted by atomic mass is 9.90. The molecule has 1 aliphatic rings. The van der Waals surface area contributed by atoms with E-state index in [0.29, 0.717) is 23.5 Å². The van der Waals surface area contributed by atoms with Crippen molar-refractivity contribution in [2.24, 2.45) is 5.14 Å². The third-order valence-electron chi connectivity index (χ3n) is 5.24. The predicted octanol–water partition coefficient (Wildman–Crippen LogP) is -0.162. The molecule has 0 aromatic heterocycles. The van der Waals surface area contributed by atoms with Gasteiger partial charge in [-0.3, -0.25) is 0 Å². The number of hydrogen-bond acceptors (Lipinski definition) is 8. The fraction of sp³-hybridized carbons (Fsp3) is 0.429. The molecule has 6 N–H and O–H groups in total. The molecule has 9 nitrogen and oxygen atoms in total. The molecule has 31 heavy (non-hydrogen) atoms. The number of benzene rings is 2. The minimum atomic E-state index is -4.02. The number of rotatable bonds is 7. The number of aliphatic hydroxyl groups is 4. The Morgan fingerprint density at radius 2 is 1.71 bits per heavy atom. The Kier molecular flexibility index (Phi) is 7.32. The molecule has 0 amide bonds. The highest BCUT2D eigenvalue weighted by Gasteiger charge is 2.44. The van der Waals surface area contributed by atoms with Gasteiger partial charge in [-0.05, 0) is 48.2 Å². The first-order valence-electron chi connectivity index (χ1n) is 9.83. The molecule has 3 rings (SSSR count). The average molecular weight is 454 g/mol. The van der Waals surface area contributed by atoms with Gasteiger partial charge in [0.05, 0.1) is 18.1 Å². The van der Waals surface area contributed by atoms with Gasteiger partial charge in [0.2, 0.25) is 10.0 Å². The zero-order chi connectivity index (χ0) is 22.8. The normalized spacial score (nSPS) is 26.6. The highest BCUT2D eigenvalue weighted by molar-refractivity contribution is 7.89. The molecule has 0 spiro atoms. The van der Waals surface area contributed by atoms with E-state index in [-0.39, 0.29) is 11.3 Å². The summed E-state index contributed by atoms with van der Waals surface area (Å²) < 4.78 is 35.2. The van der Waals surface area contributed by atoms with Crippen molar-refractivity contribution in [3.8, 4) is 5.75 Å². The fourth-order valence-electron chi connectivity index (χ4n) is 3.66. The molecule has 0 aliphatic carbocycles. The summed E-state index contributed by atoms with van der Waals surface area (Å²) in [6, 6.07) is 11.4. The van der Waals surface area contributed by atoms with Crippen LogP contribution in [0.5, 0.6) is 5.75 Å². The van der Waals surface area contributed by atoms with Crippen LogP contribution in [0.2, 0.25) is 0 Å². The molecule has 0 saturated carbocycles. The summed E-state index contributed by atoms with van der Waals surface area (Å²) in [7, 11) is -4.02. The molecule has 0 bridgehead atoms. The number of aliphatic hydroxyl groups excluding tert-OH is 4. The molecule has 2 aromatic carbocycles. The number of ether oxygens (including phenoxy) is 2. The molecule has 10 heteroatoms. The topological polar surface area (TPSA) is 160 Å². The maximum atomic E-state index is 12.1. The van der Waals surface area contributed by atoms with E-state index in [4.69, 9.17) is 14.6 Å². The Balaban J connectivity index is 1.97. The average Bonchev–Trinajstić information content (AvgIpc) is 2.73. The highest BCUT2D eigenvalue weighted by atomic mass is 32.2. The summed E-state index contributed by atoms with van der Waals surface area (Å²) in [5, 5.41) is 45.2. The van der Waals surface area contributed by atoms with Crippen molar-refractivity contribution in [1.82, 2.24) is 0 Å². The predicted molar refractivity (Wildman–Crippen MR) is 111 cm³/mol. The van der Waals surface area contributed by atoms with Crippen molar-refractivity contribution in [3.63, 3.8) is 0 Å². The smallest absolute Gasteiger partial charge is 0.238 e.